The summed E-state index contributed by atoms with van der Waals surface area (Å²) in [6, 6.07) is 0. The molecule has 1 aromatic rings. The fourth-order valence-corrected chi connectivity index (χ4v) is 7.12. The lowest BCUT2D eigenvalue weighted by atomic mass is 9.47. The van der Waals surface area contributed by atoms with E-state index in [1.165, 1.54) is 12.8 Å². The average Bonchev–Trinajstić information content (AvgIpc) is 3.28. The lowest BCUT2D eigenvalue weighted by Crippen LogP contribution is -2.50. The van der Waals surface area contributed by atoms with E-state index in [1.807, 2.05) is 6.92 Å². The van der Waals surface area contributed by atoms with Crippen molar-refractivity contribution in [1.82, 2.24) is 10.1 Å². The van der Waals surface area contributed by atoms with Crippen LogP contribution in [0.1, 0.15) is 76.9 Å². The molecule has 3 fully saturated rings. The highest BCUT2D eigenvalue weighted by Crippen LogP contribution is 2.64. The number of aryl methyl sites for hydroxylation is 1. The van der Waals surface area contributed by atoms with Gasteiger partial charge in [-0.2, -0.15) is 4.98 Å². The molecule has 4 aliphatic rings. The van der Waals surface area contributed by atoms with Crippen LogP contribution in [-0.4, -0.2) is 28.2 Å². The summed E-state index contributed by atoms with van der Waals surface area (Å²) in [6.45, 7) is 7.00. The monoisotopic (exact) mass is 411 g/mol. The molecule has 30 heavy (non-hydrogen) atoms. The van der Waals surface area contributed by atoms with Crippen LogP contribution in [0.5, 0.6) is 0 Å². The molecule has 0 spiro atoms. The molecule has 0 amide bonds. The molecule has 162 valence electrons. The predicted molar refractivity (Wildman–Crippen MR) is 113 cm³/mol. The Kier molecular flexibility index (Phi) is 4.86. The number of oxime groups is 1. The van der Waals surface area contributed by atoms with Crippen LogP contribution < -0.4 is 0 Å². The highest BCUT2D eigenvalue weighted by atomic mass is 16.6. The van der Waals surface area contributed by atoms with Gasteiger partial charge in [-0.25, -0.2) is 0 Å². The van der Waals surface area contributed by atoms with E-state index >= 15 is 0 Å². The number of allylic oxidation sites excluding steroid dienone is 2. The molecule has 4 aliphatic carbocycles. The number of aromatic nitrogens is 2. The fourth-order valence-electron chi connectivity index (χ4n) is 7.12. The van der Waals surface area contributed by atoms with Gasteiger partial charge >= 0.3 is 0 Å². The van der Waals surface area contributed by atoms with Gasteiger partial charge in [0.15, 0.2) is 5.82 Å². The molecule has 0 N–H and O–H groups in total. The fraction of sp³-hybridized carbons (Fsp3) is 0.750. The second-order valence-electron chi connectivity index (χ2n) is 10.3. The molecule has 6 nitrogen and oxygen atoms in total. The molecule has 0 aliphatic heterocycles. The van der Waals surface area contributed by atoms with Crippen molar-refractivity contribution in [1.29, 1.82) is 0 Å². The maximum absolute atomic E-state index is 12.6. The normalized spacial score (nSPS) is 39.3. The van der Waals surface area contributed by atoms with Crippen LogP contribution in [0.2, 0.25) is 0 Å². The predicted octanol–water partition coefficient (Wildman–Crippen LogP) is 4.83. The van der Waals surface area contributed by atoms with Crippen LogP contribution in [0.15, 0.2) is 21.3 Å². The Morgan fingerprint density at radius 2 is 1.97 bits per heavy atom. The quantitative estimate of drug-likeness (QED) is 0.524. The zero-order valence-electron chi connectivity index (χ0n) is 18.4. The van der Waals surface area contributed by atoms with E-state index in [-0.39, 0.29) is 10.8 Å². The summed E-state index contributed by atoms with van der Waals surface area (Å²) in [5, 5.41) is 8.20. The smallest absolute Gasteiger partial charge is 0.230 e. The molecule has 3 saturated carbocycles. The largest absolute Gasteiger partial charge is 0.395 e. The Labute approximate surface area is 178 Å². The van der Waals surface area contributed by atoms with Crippen LogP contribution in [-0.2, 0) is 16.1 Å². The first-order valence-corrected chi connectivity index (χ1v) is 11.6. The maximum Gasteiger partial charge on any atom is 0.230 e. The van der Waals surface area contributed by atoms with E-state index < -0.39 is 0 Å². The summed E-state index contributed by atoms with van der Waals surface area (Å²) in [6.07, 6.45) is 11.6. The van der Waals surface area contributed by atoms with Crippen molar-refractivity contribution in [3.63, 3.8) is 0 Å². The number of ketones is 1. The summed E-state index contributed by atoms with van der Waals surface area (Å²) in [4.78, 5) is 22.3. The number of carbonyl (C=O) groups is 1. The third-order valence-corrected chi connectivity index (χ3v) is 8.85. The van der Waals surface area contributed by atoms with Crippen molar-refractivity contribution in [3.05, 3.63) is 23.4 Å². The molecule has 1 heterocycles. The molecule has 5 atom stereocenters. The highest BCUT2D eigenvalue weighted by Gasteiger charge is 2.58. The van der Waals surface area contributed by atoms with Crippen LogP contribution in [0.4, 0.5) is 0 Å². The van der Waals surface area contributed by atoms with Gasteiger partial charge in [0, 0.05) is 11.8 Å². The Morgan fingerprint density at radius 3 is 2.77 bits per heavy atom. The number of carbonyl (C=O) groups excluding carboxylic acids is 1. The molecule has 5 unspecified atom stereocenters. The van der Waals surface area contributed by atoms with Gasteiger partial charge in [-0.05, 0) is 81.1 Å². The van der Waals surface area contributed by atoms with Gasteiger partial charge in [0.05, 0.1) is 12.1 Å². The zero-order chi connectivity index (χ0) is 20.9. The van der Waals surface area contributed by atoms with Gasteiger partial charge in [-0.1, -0.05) is 29.7 Å². The van der Waals surface area contributed by atoms with E-state index in [0.29, 0.717) is 48.3 Å². The van der Waals surface area contributed by atoms with Gasteiger partial charge in [0.1, 0.15) is 12.4 Å². The topological polar surface area (TPSA) is 77.6 Å². The standard InChI is InChI=1S/C24H33N3O3/c1-15-25-22(30-26-15)10-13-29-27-17-8-11-23(2)16(14-17)4-5-18-19-6-7-21(28)24(19,3)12-9-20(18)23/h14,18-20H,4-13H2,1-3H3. The molecular formula is C24H33N3O3. The number of Topliss-reactive ketones (excluding diaryl/α,β-unsaturated/α-hetero) is 1. The molecule has 0 saturated heterocycles. The Balaban J connectivity index is 1.26. The number of fused-ring (bicyclic) bond motifs is 5. The van der Waals surface area contributed by atoms with E-state index in [0.717, 1.165) is 44.2 Å². The van der Waals surface area contributed by atoms with Crippen LogP contribution in [0.3, 0.4) is 0 Å². The van der Waals surface area contributed by atoms with Crippen molar-refractivity contribution >= 4 is 11.5 Å². The van der Waals surface area contributed by atoms with Crippen molar-refractivity contribution in [2.45, 2.75) is 78.6 Å². The molecule has 0 bridgehead atoms. The Bertz CT molecular complexity index is 903. The van der Waals surface area contributed by atoms with Crippen LogP contribution in [0.25, 0.3) is 0 Å². The number of nitrogens with zero attached hydrogens (tertiary/aromatic N) is 3. The van der Waals surface area contributed by atoms with Gasteiger partial charge < -0.3 is 9.36 Å². The molecule has 6 heteroatoms. The lowest BCUT2D eigenvalue weighted by molar-refractivity contribution is -0.132. The highest BCUT2D eigenvalue weighted by molar-refractivity contribution is 5.96. The summed E-state index contributed by atoms with van der Waals surface area (Å²) in [5.74, 6) is 3.80. The lowest BCUT2D eigenvalue weighted by Gasteiger charge is -2.57. The zero-order valence-corrected chi connectivity index (χ0v) is 18.4. The van der Waals surface area contributed by atoms with E-state index in [1.54, 1.807) is 5.57 Å². The first kappa shape index (κ1) is 20.0. The van der Waals surface area contributed by atoms with E-state index in [2.05, 4.69) is 35.2 Å². The maximum atomic E-state index is 12.6. The minimum absolute atomic E-state index is 0.0369. The first-order chi connectivity index (χ1) is 14.4. The van der Waals surface area contributed by atoms with Gasteiger partial charge in [0.25, 0.3) is 0 Å². The van der Waals surface area contributed by atoms with Crippen molar-refractivity contribution < 1.29 is 14.2 Å². The Morgan fingerprint density at radius 1 is 1.13 bits per heavy atom. The Hall–Kier alpha value is -1.98. The second kappa shape index (κ2) is 7.31. The second-order valence-corrected chi connectivity index (χ2v) is 10.3. The summed E-state index contributed by atoms with van der Waals surface area (Å²) in [7, 11) is 0. The summed E-state index contributed by atoms with van der Waals surface area (Å²) < 4.78 is 5.11. The third kappa shape index (κ3) is 3.14. The summed E-state index contributed by atoms with van der Waals surface area (Å²) >= 11 is 0. The van der Waals surface area contributed by atoms with E-state index in [9.17, 15) is 4.79 Å². The summed E-state index contributed by atoms with van der Waals surface area (Å²) in [5.41, 5.74) is 2.83. The van der Waals surface area contributed by atoms with Gasteiger partial charge in [-0.3, -0.25) is 4.79 Å². The van der Waals surface area contributed by atoms with Gasteiger partial charge in [-0.15, -0.1) is 0 Å². The SMILES string of the molecule is Cc1noc(CCON=C2C=C3CCC4C5CCC(=O)C5(C)CCC4C3(C)CC2)n1. The van der Waals surface area contributed by atoms with Crippen LogP contribution >= 0.6 is 0 Å². The molecule has 0 radical (unpaired) electrons. The average molecular weight is 412 g/mol. The number of rotatable bonds is 4. The number of hydrogen-bond acceptors (Lipinski definition) is 6. The minimum atomic E-state index is -0.0369. The third-order valence-electron chi connectivity index (χ3n) is 8.85. The first-order valence-electron chi connectivity index (χ1n) is 11.6. The number of hydrogen-bond donors (Lipinski definition) is 0. The van der Waals surface area contributed by atoms with E-state index in [4.69, 9.17) is 9.36 Å². The van der Waals surface area contributed by atoms with Crippen molar-refractivity contribution in [2.24, 2.45) is 33.7 Å². The minimum Gasteiger partial charge on any atom is -0.395 e. The molecule has 5 rings (SSSR count). The molecule has 1 aromatic heterocycles. The molecule has 0 aromatic carbocycles. The van der Waals surface area contributed by atoms with Crippen molar-refractivity contribution in [2.75, 3.05) is 6.61 Å². The molecular weight excluding hydrogens is 378 g/mol. The van der Waals surface area contributed by atoms with Crippen LogP contribution in [0, 0.1) is 35.5 Å². The van der Waals surface area contributed by atoms with Gasteiger partial charge in [0.2, 0.25) is 5.89 Å². The van der Waals surface area contributed by atoms with Crippen molar-refractivity contribution in [3.8, 4) is 0 Å².